The number of benzene rings is 1. The van der Waals surface area contributed by atoms with Crippen LogP contribution in [0.1, 0.15) is 15.2 Å². The Morgan fingerprint density at radius 2 is 2.00 bits per heavy atom. The third-order valence-electron chi connectivity index (χ3n) is 2.34. The number of halogens is 1. The fourth-order valence-electron chi connectivity index (χ4n) is 1.40. The third kappa shape index (κ3) is 4.11. The van der Waals surface area contributed by atoms with Crippen molar-refractivity contribution in [1.82, 2.24) is 10.6 Å². The molecule has 0 spiro atoms. The van der Waals surface area contributed by atoms with Crippen LogP contribution in [0.15, 0.2) is 41.8 Å². The van der Waals surface area contributed by atoms with Gasteiger partial charge in [0, 0.05) is 10.4 Å². The van der Waals surface area contributed by atoms with Gasteiger partial charge in [0.05, 0.1) is 6.54 Å². The minimum atomic E-state index is -0.380. The van der Waals surface area contributed by atoms with E-state index in [0.29, 0.717) is 12.1 Å². The molecule has 1 amide bonds. The molecule has 0 unspecified atom stereocenters. The van der Waals surface area contributed by atoms with Gasteiger partial charge in [-0.25, -0.2) is 4.39 Å². The minimum Gasteiger partial charge on any atom is -0.357 e. The predicted molar refractivity (Wildman–Crippen MR) is 77.6 cm³/mol. The van der Waals surface area contributed by atoms with Gasteiger partial charge in [-0.1, -0.05) is 6.07 Å². The Balaban J connectivity index is 1.85. The topological polar surface area (TPSA) is 41.1 Å². The van der Waals surface area contributed by atoms with Gasteiger partial charge in [-0.3, -0.25) is 10.1 Å². The van der Waals surface area contributed by atoms with Crippen molar-refractivity contribution >= 4 is 34.6 Å². The summed E-state index contributed by atoms with van der Waals surface area (Å²) in [5, 5.41) is 7.70. The highest BCUT2D eigenvalue weighted by Crippen LogP contribution is 2.07. The van der Waals surface area contributed by atoms with Crippen molar-refractivity contribution in [1.29, 1.82) is 0 Å². The molecule has 0 saturated carbocycles. The summed E-state index contributed by atoms with van der Waals surface area (Å²) in [7, 11) is 0. The normalized spacial score (nSPS) is 9.95. The Bertz CT molecular complexity index is 567. The molecule has 19 heavy (non-hydrogen) atoms. The Morgan fingerprint density at radius 3 is 2.63 bits per heavy atom. The summed E-state index contributed by atoms with van der Waals surface area (Å²) in [4.78, 5) is 12.9. The number of hydrogen-bond acceptors (Lipinski definition) is 3. The number of thiophene rings is 1. The number of carbonyl (C=O) groups is 1. The monoisotopic (exact) mass is 294 g/mol. The Labute approximate surface area is 119 Å². The molecule has 0 bridgehead atoms. The first-order valence-electron chi connectivity index (χ1n) is 5.52. The van der Waals surface area contributed by atoms with Gasteiger partial charge in [-0.15, -0.1) is 11.3 Å². The van der Waals surface area contributed by atoms with Crippen molar-refractivity contribution in [2.45, 2.75) is 6.54 Å². The van der Waals surface area contributed by atoms with Crippen LogP contribution in [0.2, 0.25) is 0 Å². The second kappa shape index (κ2) is 6.40. The standard InChI is InChI=1S/C13H11FN2OS2/c14-10-5-3-9(4-6-10)12(17)16-13(18)15-8-11-2-1-7-19-11/h1-7H,8H2,(H2,15,16,17,18). The number of nitrogens with one attached hydrogen (secondary N) is 2. The number of thiocarbonyl (C=S) groups is 1. The molecule has 2 N–H and O–H groups in total. The molecule has 2 aromatic rings. The minimum absolute atomic E-state index is 0.253. The highest BCUT2D eigenvalue weighted by molar-refractivity contribution is 7.80. The van der Waals surface area contributed by atoms with Crippen LogP contribution in [-0.4, -0.2) is 11.0 Å². The zero-order valence-electron chi connectivity index (χ0n) is 9.85. The van der Waals surface area contributed by atoms with Crippen LogP contribution in [0.5, 0.6) is 0 Å². The van der Waals surface area contributed by atoms with Crippen molar-refractivity contribution in [2.75, 3.05) is 0 Å². The smallest absolute Gasteiger partial charge is 0.257 e. The lowest BCUT2D eigenvalue weighted by Gasteiger charge is -2.08. The molecule has 0 aliphatic rings. The lowest BCUT2D eigenvalue weighted by atomic mass is 10.2. The molecular weight excluding hydrogens is 283 g/mol. The Morgan fingerprint density at radius 1 is 1.26 bits per heavy atom. The van der Waals surface area contributed by atoms with E-state index in [1.54, 1.807) is 11.3 Å². The average molecular weight is 294 g/mol. The van der Waals surface area contributed by atoms with Crippen LogP contribution in [0, 0.1) is 5.82 Å². The van der Waals surface area contributed by atoms with Crippen LogP contribution < -0.4 is 10.6 Å². The first kappa shape index (κ1) is 13.6. The molecule has 3 nitrogen and oxygen atoms in total. The number of amides is 1. The van der Waals surface area contributed by atoms with Gasteiger partial charge in [0.1, 0.15) is 5.82 Å². The van der Waals surface area contributed by atoms with Crippen molar-refractivity contribution in [3.05, 3.63) is 58.0 Å². The van der Waals surface area contributed by atoms with E-state index in [1.165, 1.54) is 24.3 Å². The van der Waals surface area contributed by atoms with Gasteiger partial charge in [0.2, 0.25) is 0 Å². The number of hydrogen-bond donors (Lipinski definition) is 2. The Hall–Kier alpha value is -1.79. The van der Waals surface area contributed by atoms with Crippen molar-refractivity contribution in [2.24, 2.45) is 0 Å². The molecule has 0 fully saturated rings. The molecule has 0 aliphatic heterocycles. The van der Waals surface area contributed by atoms with Crippen LogP contribution >= 0.6 is 23.6 Å². The van der Waals surface area contributed by atoms with Gasteiger partial charge in [-0.2, -0.15) is 0 Å². The van der Waals surface area contributed by atoms with E-state index >= 15 is 0 Å². The maximum absolute atomic E-state index is 12.7. The van der Waals surface area contributed by atoms with Crippen LogP contribution in [0.25, 0.3) is 0 Å². The lowest BCUT2D eigenvalue weighted by molar-refractivity contribution is 0.0976. The van der Waals surface area contributed by atoms with E-state index in [4.69, 9.17) is 12.2 Å². The molecular formula is C13H11FN2OS2. The van der Waals surface area contributed by atoms with Gasteiger partial charge in [0.25, 0.3) is 5.91 Å². The summed E-state index contributed by atoms with van der Waals surface area (Å²) in [5.41, 5.74) is 0.363. The second-order valence-corrected chi connectivity index (χ2v) is 5.16. The van der Waals surface area contributed by atoms with Crippen molar-refractivity contribution < 1.29 is 9.18 Å². The zero-order valence-corrected chi connectivity index (χ0v) is 11.5. The zero-order chi connectivity index (χ0) is 13.7. The SMILES string of the molecule is O=C(NC(=S)NCc1cccs1)c1ccc(F)cc1. The van der Waals surface area contributed by atoms with Crippen LogP contribution in [-0.2, 0) is 6.54 Å². The molecule has 2 rings (SSSR count). The molecule has 0 radical (unpaired) electrons. The van der Waals surface area contributed by atoms with E-state index in [2.05, 4.69) is 10.6 Å². The van der Waals surface area contributed by atoms with Crippen LogP contribution in [0.4, 0.5) is 4.39 Å². The van der Waals surface area contributed by atoms with E-state index in [0.717, 1.165) is 4.88 Å². The van der Waals surface area contributed by atoms with E-state index in [1.807, 2.05) is 17.5 Å². The van der Waals surface area contributed by atoms with Gasteiger partial charge in [-0.05, 0) is 47.9 Å². The number of rotatable bonds is 3. The summed E-state index contributed by atoms with van der Waals surface area (Å²) in [5.74, 6) is -0.737. The third-order valence-corrected chi connectivity index (χ3v) is 3.46. The van der Waals surface area contributed by atoms with Crippen molar-refractivity contribution in [3.8, 4) is 0 Å². The lowest BCUT2D eigenvalue weighted by Crippen LogP contribution is -2.38. The quantitative estimate of drug-likeness (QED) is 0.855. The molecule has 0 aliphatic carbocycles. The predicted octanol–water partition coefficient (Wildman–Crippen LogP) is 2.69. The molecule has 1 aromatic heterocycles. The summed E-state index contributed by atoms with van der Waals surface area (Å²) < 4.78 is 12.7. The maximum Gasteiger partial charge on any atom is 0.257 e. The molecule has 98 valence electrons. The summed E-state index contributed by atoms with van der Waals surface area (Å²) in [6.45, 7) is 0.570. The van der Waals surface area contributed by atoms with Gasteiger partial charge in [0.15, 0.2) is 5.11 Å². The fraction of sp³-hybridized carbons (Fsp3) is 0.0769. The van der Waals surface area contributed by atoms with Crippen LogP contribution in [0.3, 0.4) is 0 Å². The molecule has 1 aromatic carbocycles. The first-order chi connectivity index (χ1) is 9.15. The molecule has 6 heteroatoms. The van der Waals surface area contributed by atoms with Crippen molar-refractivity contribution in [3.63, 3.8) is 0 Å². The van der Waals surface area contributed by atoms with Gasteiger partial charge < -0.3 is 5.32 Å². The van der Waals surface area contributed by atoms with Gasteiger partial charge >= 0.3 is 0 Å². The summed E-state index contributed by atoms with van der Waals surface area (Å²) in [6, 6.07) is 9.21. The molecule has 0 saturated heterocycles. The largest absolute Gasteiger partial charge is 0.357 e. The highest BCUT2D eigenvalue weighted by atomic mass is 32.1. The fourth-order valence-corrected chi connectivity index (χ4v) is 2.21. The maximum atomic E-state index is 12.7. The number of carbonyl (C=O) groups excluding carboxylic acids is 1. The summed E-state index contributed by atoms with van der Waals surface area (Å²) >= 11 is 6.62. The second-order valence-electron chi connectivity index (χ2n) is 3.72. The Kier molecular flexibility index (Phi) is 4.59. The molecule has 1 heterocycles. The van der Waals surface area contributed by atoms with E-state index in [9.17, 15) is 9.18 Å². The summed E-state index contributed by atoms with van der Waals surface area (Å²) in [6.07, 6.45) is 0. The molecule has 0 atom stereocenters. The highest BCUT2D eigenvalue weighted by Gasteiger charge is 2.07. The first-order valence-corrected chi connectivity index (χ1v) is 6.81. The van der Waals surface area contributed by atoms with E-state index < -0.39 is 0 Å². The van der Waals surface area contributed by atoms with E-state index in [-0.39, 0.29) is 16.8 Å². The average Bonchev–Trinajstić information content (AvgIpc) is 2.90.